The number of hydrogen-bond acceptors (Lipinski definition) is 10. The normalized spacial score (nSPS) is 27.1. The standard InChI is InChI=1S/2C28H50O5/c2*1-5-6-7-10-13-17-28(31-19-20-32-28)18-16-24-23(4)21-26(29)25(24)14-11-8-9-12-15-27(30)33-22(2)3/h2*8,11,22-26,29H,5-7,9-10,12-21H2,1-4H3/b2*11-8-/t2*23-,24+,25-,26+/m11/s1. The van der Waals surface area contributed by atoms with Crippen molar-refractivity contribution in [3.63, 3.8) is 0 Å². The number of ether oxygens (including phenoxy) is 6. The Balaban J connectivity index is 0.000000350. The summed E-state index contributed by atoms with van der Waals surface area (Å²) >= 11 is 0. The zero-order valence-corrected chi connectivity index (χ0v) is 43.5. The number of unbranched alkanes of at least 4 members (excludes halogenated alkanes) is 10. The number of aliphatic hydroxyl groups is 2. The molecule has 2 saturated carbocycles. The quantitative estimate of drug-likeness (QED) is 0.0382. The summed E-state index contributed by atoms with van der Waals surface area (Å²) in [7, 11) is 0. The number of carbonyl (C=O) groups excluding carboxylic acids is 2. The van der Waals surface area contributed by atoms with Gasteiger partial charge in [-0.15, -0.1) is 0 Å². The van der Waals surface area contributed by atoms with Crippen LogP contribution in [-0.4, -0.2) is 84.6 Å². The van der Waals surface area contributed by atoms with Crippen molar-refractivity contribution in [1.82, 2.24) is 0 Å². The summed E-state index contributed by atoms with van der Waals surface area (Å²) in [6.07, 6.45) is 34.6. The van der Waals surface area contributed by atoms with Gasteiger partial charge in [0.25, 0.3) is 0 Å². The van der Waals surface area contributed by atoms with E-state index >= 15 is 0 Å². The maximum Gasteiger partial charge on any atom is 0.306 e. The molecule has 0 amide bonds. The minimum atomic E-state index is -0.398. The molecule has 0 aromatic carbocycles. The lowest BCUT2D eigenvalue weighted by Crippen LogP contribution is -2.32. The van der Waals surface area contributed by atoms with Crippen LogP contribution in [0.5, 0.6) is 0 Å². The molecule has 10 nitrogen and oxygen atoms in total. The average Bonchev–Trinajstić information content (AvgIpc) is 4.05. The molecule has 0 radical (unpaired) electrons. The van der Waals surface area contributed by atoms with Crippen molar-refractivity contribution in [2.75, 3.05) is 26.4 Å². The summed E-state index contributed by atoms with van der Waals surface area (Å²) in [6.45, 7) is 19.4. The topological polar surface area (TPSA) is 130 Å². The van der Waals surface area contributed by atoms with Crippen molar-refractivity contribution in [2.45, 2.75) is 258 Å². The molecule has 66 heavy (non-hydrogen) atoms. The van der Waals surface area contributed by atoms with Gasteiger partial charge in [-0.2, -0.15) is 0 Å². The zero-order valence-electron chi connectivity index (χ0n) is 43.5. The van der Waals surface area contributed by atoms with E-state index in [0.717, 1.165) is 89.9 Å². The summed E-state index contributed by atoms with van der Waals surface area (Å²) in [6, 6.07) is 0. The predicted octanol–water partition coefficient (Wildman–Crippen LogP) is 13.1. The third-order valence-corrected chi connectivity index (χ3v) is 14.8. The van der Waals surface area contributed by atoms with E-state index < -0.39 is 11.6 Å². The molecule has 2 aliphatic heterocycles. The largest absolute Gasteiger partial charge is 0.463 e. The third-order valence-electron chi connectivity index (χ3n) is 14.8. The summed E-state index contributed by atoms with van der Waals surface area (Å²) in [5.41, 5.74) is 0. The highest BCUT2D eigenvalue weighted by Gasteiger charge is 2.44. The van der Waals surface area contributed by atoms with Gasteiger partial charge in [0, 0.05) is 38.5 Å². The molecule has 0 aromatic rings. The Morgan fingerprint density at radius 3 is 1.24 bits per heavy atom. The van der Waals surface area contributed by atoms with Crippen molar-refractivity contribution in [3.8, 4) is 0 Å². The van der Waals surface area contributed by atoms with Gasteiger partial charge >= 0.3 is 11.9 Å². The molecule has 10 heteroatoms. The van der Waals surface area contributed by atoms with Gasteiger partial charge in [0.1, 0.15) is 0 Å². The Bertz CT molecular complexity index is 1230. The molecule has 0 unspecified atom stereocenters. The minimum Gasteiger partial charge on any atom is -0.463 e. The maximum absolute atomic E-state index is 11.6. The van der Waals surface area contributed by atoms with E-state index in [1.165, 1.54) is 64.2 Å². The van der Waals surface area contributed by atoms with Gasteiger partial charge < -0.3 is 38.6 Å². The van der Waals surface area contributed by atoms with Crippen LogP contribution in [0.15, 0.2) is 24.3 Å². The van der Waals surface area contributed by atoms with E-state index in [4.69, 9.17) is 28.4 Å². The first-order valence-corrected chi connectivity index (χ1v) is 27.3. The maximum atomic E-state index is 11.6. The first-order chi connectivity index (χ1) is 31.7. The van der Waals surface area contributed by atoms with E-state index in [1.807, 2.05) is 27.7 Å². The summed E-state index contributed by atoms with van der Waals surface area (Å²) in [5, 5.41) is 21.4. The molecule has 2 N–H and O–H groups in total. The number of hydrogen-bond donors (Lipinski definition) is 2. The molecule has 2 saturated heterocycles. The zero-order chi connectivity index (χ0) is 48.2. The monoisotopic (exact) mass is 933 g/mol. The fourth-order valence-electron chi connectivity index (χ4n) is 11.2. The number of allylic oxidation sites excluding steroid dienone is 4. The van der Waals surface area contributed by atoms with Crippen LogP contribution in [0.25, 0.3) is 0 Å². The Morgan fingerprint density at radius 2 is 0.894 bits per heavy atom. The highest BCUT2D eigenvalue weighted by Crippen LogP contribution is 2.46. The molecule has 0 aromatic heterocycles. The lowest BCUT2D eigenvalue weighted by molar-refractivity contribution is -0.171. The van der Waals surface area contributed by atoms with E-state index in [-0.39, 0.29) is 36.4 Å². The number of esters is 2. The molecular formula is C56H100O10. The fraction of sp³-hybridized carbons (Fsp3) is 0.893. The second-order valence-electron chi connectivity index (χ2n) is 21.1. The van der Waals surface area contributed by atoms with E-state index in [1.54, 1.807) is 0 Å². The number of aliphatic hydroxyl groups excluding tert-OH is 2. The first kappa shape index (κ1) is 58.5. The van der Waals surface area contributed by atoms with Gasteiger partial charge in [0.05, 0.1) is 50.8 Å². The Morgan fingerprint density at radius 1 is 0.530 bits per heavy atom. The van der Waals surface area contributed by atoms with Crippen LogP contribution in [0.3, 0.4) is 0 Å². The minimum absolute atomic E-state index is 0.0453. The summed E-state index contributed by atoms with van der Waals surface area (Å²) < 4.78 is 34.9. The first-order valence-electron chi connectivity index (χ1n) is 27.3. The SMILES string of the molecule is CCCCCCCC1(CC[C@@H]2[C@@H](C/C=C\CCCC(=O)OC(C)C)[C@@H](O)C[C@H]2C)OCCO1.CCCCCCCC1(CC[C@@H]2[C@@H](C/C=C\CCCC(=O)OC(C)C)[C@@H](O)C[C@H]2C)OCCO1. The molecule has 384 valence electrons. The molecule has 8 atom stereocenters. The predicted molar refractivity (Wildman–Crippen MR) is 266 cm³/mol. The van der Waals surface area contributed by atoms with Crippen molar-refractivity contribution in [3.05, 3.63) is 24.3 Å². The van der Waals surface area contributed by atoms with Gasteiger partial charge in [0.15, 0.2) is 11.6 Å². The smallest absolute Gasteiger partial charge is 0.306 e. The summed E-state index contributed by atoms with van der Waals surface area (Å²) in [5.74, 6) is 1.60. The second-order valence-corrected chi connectivity index (χ2v) is 21.1. The van der Waals surface area contributed by atoms with Gasteiger partial charge in [-0.25, -0.2) is 0 Å². The molecule has 2 aliphatic carbocycles. The average molecular weight is 933 g/mol. The molecule has 0 bridgehead atoms. The van der Waals surface area contributed by atoms with Crippen LogP contribution >= 0.6 is 0 Å². The molecule has 2 heterocycles. The molecule has 4 fully saturated rings. The van der Waals surface area contributed by atoms with Crippen LogP contribution in [0.4, 0.5) is 0 Å². The highest BCUT2D eigenvalue weighted by atomic mass is 16.7. The summed E-state index contributed by atoms with van der Waals surface area (Å²) in [4.78, 5) is 23.3. The molecule has 4 aliphatic rings. The van der Waals surface area contributed by atoms with Crippen LogP contribution in [0, 0.1) is 35.5 Å². The Hall–Kier alpha value is -1.82. The highest BCUT2D eigenvalue weighted by molar-refractivity contribution is 5.69. The number of rotatable bonds is 32. The van der Waals surface area contributed by atoms with Crippen molar-refractivity contribution in [2.24, 2.45) is 35.5 Å². The van der Waals surface area contributed by atoms with E-state index in [0.29, 0.717) is 74.8 Å². The molecular weight excluding hydrogens is 833 g/mol. The van der Waals surface area contributed by atoms with Gasteiger partial charge in [-0.3, -0.25) is 9.59 Å². The second kappa shape index (κ2) is 32.9. The van der Waals surface area contributed by atoms with Crippen LogP contribution in [-0.2, 0) is 38.0 Å². The van der Waals surface area contributed by atoms with Crippen LogP contribution < -0.4 is 0 Å². The lowest BCUT2D eigenvalue weighted by Gasteiger charge is -2.31. The van der Waals surface area contributed by atoms with Crippen LogP contribution in [0.1, 0.15) is 222 Å². The number of carbonyl (C=O) groups is 2. The van der Waals surface area contributed by atoms with E-state index in [9.17, 15) is 19.8 Å². The van der Waals surface area contributed by atoms with Crippen LogP contribution in [0.2, 0.25) is 0 Å². The van der Waals surface area contributed by atoms with Crippen molar-refractivity contribution in [1.29, 1.82) is 0 Å². The third kappa shape index (κ3) is 22.3. The van der Waals surface area contributed by atoms with Crippen molar-refractivity contribution < 1.29 is 48.2 Å². The molecule has 0 spiro atoms. The van der Waals surface area contributed by atoms with Crippen molar-refractivity contribution >= 4 is 11.9 Å². The van der Waals surface area contributed by atoms with Gasteiger partial charge in [-0.05, 0) is 140 Å². The lowest BCUT2D eigenvalue weighted by atomic mass is 9.82. The fourth-order valence-corrected chi connectivity index (χ4v) is 11.2. The Labute approximate surface area is 403 Å². The Kier molecular flexibility index (Phi) is 29.1. The van der Waals surface area contributed by atoms with E-state index in [2.05, 4.69) is 52.0 Å². The van der Waals surface area contributed by atoms with Gasteiger partial charge in [-0.1, -0.05) is 103 Å². The van der Waals surface area contributed by atoms with Gasteiger partial charge in [0.2, 0.25) is 0 Å². The molecule has 4 rings (SSSR count).